The predicted octanol–water partition coefficient (Wildman–Crippen LogP) is 2.42. The summed E-state index contributed by atoms with van der Waals surface area (Å²) in [5, 5.41) is 13.3. The molecule has 0 saturated carbocycles. The third-order valence-electron chi connectivity index (χ3n) is 3.02. The fourth-order valence-corrected chi connectivity index (χ4v) is 2.09. The number of aromatic nitrogens is 2. The Hall–Kier alpha value is -2.10. The minimum absolute atomic E-state index is 0.0173. The van der Waals surface area contributed by atoms with Crippen molar-refractivity contribution in [2.45, 2.75) is 27.2 Å². The van der Waals surface area contributed by atoms with Crippen LogP contribution in [0, 0.1) is 20.8 Å². The summed E-state index contributed by atoms with van der Waals surface area (Å²) >= 11 is 0. The number of nitrogens with zero attached hydrogens (tertiary/aromatic N) is 2. The van der Waals surface area contributed by atoms with E-state index in [-0.39, 0.29) is 6.42 Å². The van der Waals surface area contributed by atoms with Gasteiger partial charge in [-0.3, -0.25) is 4.79 Å². The van der Waals surface area contributed by atoms with Crippen molar-refractivity contribution < 1.29 is 9.90 Å². The molecule has 94 valence electrons. The first-order chi connectivity index (χ1) is 8.49. The lowest BCUT2D eigenvalue weighted by Crippen LogP contribution is -2.03. The van der Waals surface area contributed by atoms with E-state index in [2.05, 4.69) is 5.10 Å². The van der Waals surface area contributed by atoms with Crippen LogP contribution in [0.1, 0.15) is 22.5 Å². The van der Waals surface area contributed by atoms with Crippen LogP contribution in [-0.2, 0) is 11.2 Å². The minimum atomic E-state index is -0.829. The summed E-state index contributed by atoms with van der Waals surface area (Å²) in [5.41, 5.74) is 4.58. The molecule has 0 aliphatic rings. The number of carboxylic acids is 1. The number of carbonyl (C=O) groups is 1. The van der Waals surface area contributed by atoms with E-state index in [0.29, 0.717) is 0 Å². The topological polar surface area (TPSA) is 55.1 Å². The maximum atomic E-state index is 10.8. The highest BCUT2D eigenvalue weighted by molar-refractivity contribution is 5.71. The summed E-state index contributed by atoms with van der Waals surface area (Å²) in [4.78, 5) is 10.8. The van der Waals surface area contributed by atoms with Crippen LogP contribution in [0.2, 0.25) is 0 Å². The van der Waals surface area contributed by atoms with Gasteiger partial charge in [0.2, 0.25) is 0 Å². The molecule has 0 aliphatic carbocycles. The predicted molar refractivity (Wildman–Crippen MR) is 69.1 cm³/mol. The van der Waals surface area contributed by atoms with Crippen molar-refractivity contribution in [1.82, 2.24) is 9.78 Å². The van der Waals surface area contributed by atoms with Gasteiger partial charge in [0.25, 0.3) is 0 Å². The van der Waals surface area contributed by atoms with Crippen molar-refractivity contribution in [2.75, 3.05) is 0 Å². The lowest BCUT2D eigenvalue weighted by Gasteiger charge is -2.05. The summed E-state index contributed by atoms with van der Waals surface area (Å²) in [6, 6.07) is 7.99. The lowest BCUT2D eigenvalue weighted by molar-refractivity contribution is -0.136. The first-order valence-electron chi connectivity index (χ1n) is 5.83. The number of aryl methyl sites for hydroxylation is 2. The first kappa shape index (κ1) is 12.4. The molecular formula is C14H16N2O2. The zero-order chi connectivity index (χ0) is 13.3. The second-order valence-electron chi connectivity index (χ2n) is 4.47. The normalized spacial score (nSPS) is 10.6. The van der Waals surface area contributed by atoms with Gasteiger partial charge in [0.15, 0.2) is 0 Å². The third kappa shape index (κ3) is 2.27. The fourth-order valence-electron chi connectivity index (χ4n) is 2.09. The van der Waals surface area contributed by atoms with E-state index in [1.165, 1.54) is 0 Å². The molecule has 4 heteroatoms. The summed E-state index contributed by atoms with van der Waals surface area (Å²) in [6.45, 7) is 5.77. The second kappa shape index (κ2) is 4.64. The Morgan fingerprint density at radius 2 is 2.06 bits per heavy atom. The Morgan fingerprint density at radius 3 is 2.67 bits per heavy atom. The van der Waals surface area contributed by atoms with Gasteiger partial charge < -0.3 is 5.11 Å². The van der Waals surface area contributed by atoms with Gasteiger partial charge in [0.1, 0.15) is 0 Å². The minimum Gasteiger partial charge on any atom is -0.481 e. The Balaban J connectivity index is 2.50. The van der Waals surface area contributed by atoms with Crippen molar-refractivity contribution in [3.63, 3.8) is 0 Å². The number of aliphatic carboxylic acids is 1. The number of rotatable bonds is 3. The maximum Gasteiger partial charge on any atom is 0.307 e. The molecule has 0 atom stereocenters. The number of hydrogen-bond donors (Lipinski definition) is 1. The Bertz CT molecular complexity index is 600. The number of carboxylic acid groups (broad SMARTS) is 1. The number of hydrogen-bond acceptors (Lipinski definition) is 2. The summed E-state index contributed by atoms with van der Waals surface area (Å²) in [5.74, 6) is -0.829. The van der Waals surface area contributed by atoms with Gasteiger partial charge in [-0.2, -0.15) is 5.10 Å². The van der Waals surface area contributed by atoms with E-state index < -0.39 is 5.97 Å². The molecule has 4 nitrogen and oxygen atoms in total. The van der Waals surface area contributed by atoms with Gasteiger partial charge >= 0.3 is 5.97 Å². The van der Waals surface area contributed by atoms with Gasteiger partial charge in [0.05, 0.1) is 17.8 Å². The van der Waals surface area contributed by atoms with E-state index in [1.54, 1.807) is 4.68 Å². The molecular weight excluding hydrogens is 228 g/mol. The van der Waals surface area contributed by atoms with Crippen LogP contribution in [-0.4, -0.2) is 20.9 Å². The molecule has 18 heavy (non-hydrogen) atoms. The van der Waals surface area contributed by atoms with Crippen molar-refractivity contribution in [3.8, 4) is 5.69 Å². The quantitative estimate of drug-likeness (QED) is 0.902. The van der Waals surface area contributed by atoms with Crippen molar-refractivity contribution >= 4 is 5.97 Å². The first-order valence-corrected chi connectivity index (χ1v) is 5.83. The molecule has 0 bridgehead atoms. The SMILES string of the molecule is Cc1cccc(-n2nc(C)c(CC(=O)O)c2C)c1. The highest BCUT2D eigenvalue weighted by Crippen LogP contribution is 2.19. The molecule has 1 heterocycles. The molecule has 0 aliphatic heterocycles. The van der Waals surface area contributed by atoms with Crippen LogP contribution in [0.3, 0.4) is 0 Å². The Labute approximate surface area is 106 Å². The van der Waals surface area contributed by atoms with E-state index in [4.69, 9.17) is 5.11 Å². The molecule has 2 aromatic rings. The molecule has 0 saturated heterocycles. The summed E-state index contributed by atoms with van der Waals surface area (Å²) in [7, 11) is 0. The van der Waals surface area contributed by atoms with Crippen LogP contribution >= 0.6 is 0 Å². The van der Waals surface area contributed by atoms with Gasteiger partial charge in [-0.05, 0) is 38.5 Å². The van der Waals surface area contributed by atoms with Gasteiger partial charge in [0, 0.05) is 11.3 Å². The molecule has 1 N–H and O–H groups in total. The average molecular weight is 244 g/mol. The van der Waals surface area contributed by atoms with Crippen molar-refractivity contribution in [2.24, 2.45) is 0 Å². The van der Waals surface area contributed by atoms with Crippen LogP contribution < -0.4 is 0 Å². The lowest BCUT2D eigenvalue weighted by atomic mass is 10.1. The van der Waals surface area contributed by atoms with E-state index in [0.717, 1.165) is 28.2 Å². The molecule has 1 aromatic carbocycles. The summed E-state index contributed by atoms with van der Waals surface area (Å²) < 4.78 is 1.81. The molecule has 2 rings (SSSR count). The molecule has 0 radical (unpaired) electrons. The Kier molecular flexibility index (Phi) is 3.19. The van der Waals surface area contributed by atoms with Crippen molar-refractivity contribution in [3.05, 3.63) is 46.8 Å². The zero-order valence-corrected chi connectivity index (χ0v) is 10.8. The molecule has 0 amide bonds. The van der Waals surface area contributed by atoms with E-state index in [1.807, 2.05) is 45.0 Å². The average Bonchev–Trinajstić information content (AvgIpc) is 2.56. The maximum absolute atomic E-state index is 10.8. The van der Waals surface area contributed by atoms with E-state index in [9.17, 15) is 4.79 Å². The second-order valence-corrected chi connectivity index (χ2v) is 4.47. The Morgan fingerprint density at radius 1 is 1.33 bits per heavy atom. The monoisotopic (exact) mass is 244 g/mol. The fraction of sp³-hybridized carbons (Fsp3) is 0.286. The smallest absolute Gasteiger partial charge is 0.307 e. The van der Waals surface area contributed by atoms with Gasteiger partial charge in [-0.25, -0.2) is 4.68 Å². The summed E-state index contributed by atoms with van der Waals surface area (Å²) in [6.07, 6.45) is 0.0173. The van der Waals surface area contributed by atoms with Crippen LogP contribution in [0.5, 0.6) is 0 Å². The molecule has 0 spiro atoms. The highest BCUT2D eigenvalue weighted by Gasteiger charge is 2.15. The molecule has 1 aromatic heterocycles. The van der Waals surface area contributed by atoms with Crippen LogP contribution in [0.25, 0.3) is 5.69 Å². The largest absolute Gasteiger partial charge is 0.481 e. The highest BCUT2D eigenvalue weighted by atomic mass is 16.4. The van der Waals surface area contributed by atoms with Crippen LogP contribution in [0.15, 0.2) is 24.3 Å². The number of benzene rings is 1. The van der Waals surface area contributed by atoms with Crippen molar-refractivity contribution in [1.29, 1.82) is 0 Å². The van der Waals surface area contributed by atoms with Gasteiger partial charge in [-0.1, -0.05) is 12.1 Å². The van der Waals surface area contributed by atoms with Crippen LogP contribution in [0.4, 0.5) is 0 Å². The van der Waals surface area contributed by atoms with Gasteiger partial charge in [-0.15, -0.1) is 0 Å². The molecule has 0 unspecified atom stereocenters. The molecule has 0 fully saturated rings. The van der Waals surface area contributed by atoms with E-state index >= 15 is 0 Å². The zero-order valence-electron chi connectivity index (χ0n) is 10.8. The third-order valence-corrected chi connectivity index (χ3v) is 3.02. The standard InChI is InChI=1S/C14H16N2O2/c1-9-5-4-6-12(7-9)16-11(3)13(8-14(17)18)10(2)15-16/h4-7H,8H2,1-3H3,(H,17,18).